The lowest BCUT2D eigenvalue weighted by molar-refractivity contribution is 0.387. The van der Waals surface area contributed by atoms with E-state index in [9.17, 15) is 0 Å². The summed E-state index contributed by atoms with van der Waals surface area (Å²) in [7, 11) is 0. The zero-order valence-electron chi connectivity index (χ0n) is 11.4. The number of pyridine rings is 1. The van der Waals surface area contributed by atoms with Crippen LogP contribution in [-0.2, 0) is 6.54 Å². The van der Waals surface area contributed by atoms with Crippen LogP contribution < -0.4 is 0 Å². The normalized spacial score (nSPS) is 11.3. The lowest BCUT2D eigenvalue weighted by Gasteiger charge is -1.97. The van der Waals surface area contributed by atoms with Crippen molar-refractivity contribution in [2.24, 2.45) is 0 Å². The topological polar surface area (TPSA) is 72.5 Å². The molecule has 0 radical (unpaired) electrons. The van der Waals surface area contributed by atoms with Gasteiger partial charge in [0.2, 0.25) is 0 Å². The van der Waals surface area contributed by atoms with E-state index in [0.717, 1.165) is 33.6 Å². The summed E-state index contributed by atoms with van der Waals surface area (Å²) in [4.78, 5) is 7.66. The molecule has 4 aromatic heterocycles. The number of aromatic amines is 1. The Hall–Kier alpha value is -2.89. The molecular weight excluding hydrogens is 266 g/mol. The molecule has 4 aromatic rings. The van der Waals surface area contributed by atoms with Gasteiger partial charge in [-0.2, -0.15) is 5.10 Å². The van der Waals surface area contributed by atoms with Gasteiger partial charge in [0.15, 0.2) is 0 Å². The second-order valence-electron chi connectivity index (χ2n) is 4.99. The van der Waals surface area contributed by atoms with Crippen LogP contribution in [0, 0.1) is 6.92 Å². The molecule has 0 bridgehead atoms. The van der Waals surface area contributed by atoms with E-state index in [-0.39, 0.29) is 0 Å². The Kier molecular flexibility index (Phi) is 2.60. The van der Waals surface area contributed by atoms with Crippen LogP contribution in [0.3, 0.4) is 0 Å². The summed E-state index contributed by atoms with van der Waals surface area (Å²) in [6, 6.07) is 5.93. The first-order valence-electron chi connectivity index (χ1n) is 6.66. The molecule has 104 valence electrons. The third kappa shape index (κ3) is 2.20. The first kappa shape index (κ1) is 11.9. The molecule has 0 saturated heterocycles. The van der Waals surface area contributed by atoms with Gasteiger partial charge in [-0.15, -0.1) is 0 Å². The second-order valence-corrected chi connectivity index (χ2v) is 4.99. The van der Waals surface area contributed by atoms with Crippen LogP contribution in [-0.4, -0.2) is 24.9 Å². The van der Waals surface area contributed by atoms with Crippen molar-refractivity contribution in [3.8, 4) is 11.3 Å². The van der Waals surface area contributed by atoms with Gasteiger partial charge in [0.25, 0.3) is 0 Å². The highest BCUT2D eigenvalue weighted by Gasteiger charge is 2.07. The Morgan fingerprint density at radius 1 is 1.29 bits per heavy atom. The van der Waals surface area contributed by atoms with Crippen molar-refractivity contribution in [1.82, 2.24) is 24.9 Å². The van der Waals surface area contributed by atoms with E-state index in [2.05, 4.69) is 20.2 Å². The average Bonchev–Trinajstić information content (AvgIpc) is 3.19. The molecule has 0 fully saturated rings. The molecular formula is C15H13N5O. The highest BCUT2D eigenvalue weighted by atomic mass is 16.5. The third-order valence-corrected chi connectivity index (χ3v) is 3.37. The molecule has 21 heavy (non-hydrogen) atoms. The molecule has 0 aliphatic rings. The van der Waals surface area contributed by atoms with Crippen LogP contribution in [0.5, 0.6) is 0 Å². The Morgan fingerprint density at radius 3 is 3.10 bits per heavy atom. The van der Waals surface area contributed by atoms with Crippen LogP contribution in [0.4, 0.5) is 0 Å². The lowest BCUT2D eigenvalue weighted by Crippen LogP contribution is -1.99. The third-order valence-electron chi connectivity index (χ3n) is 3.37. The summed E-state index contributed by atoms with van der Waals surface area (Å²) in [6.45, 7) is 2.46. The van der Waals surface area contributed by atoms with Gasteiger partial charge >= 0.3 is 0 Å². The Labute approximate surface area is 120 Å². The molecule has 0 spiro atoms. The molecule has 0 unspecified atom stereocenters. The molecule has 0 aliphatic carbocycles. The number of aryl methyl sites for hydroxylation is 1. The van der Waals surface area contributed by atoms with Crippen LogP contribution in [0.1, 0.15) is 11.5 Å². The fraction of sp³-hybridized carbons (Fsp3) is 0.133. The zero-order valence-corrected chi connectivity index (χ0v) is 11.4. The summed E-state index contributed by atoms with van der Waals surface area (Å²) in [5.41, 5.74) is 3.80. The Balaban J connectivity index is 1.63. The van der Waals surface area contributed by atoms with Crippen LogP contribution in [0.2, 0.25) is 0 Å². The van der Waals surface area contributed by atoms with E-state index in [1.807, 2.05) is 54.6 Å². The first-order valence-corrected chi connectivity index (χ1v) is 6.66. The highest BCUT2D eigenvalue weighted by molar-refractivity contribution is 5.82. The van der Waals surface area contributed by atoms with Crippen LogP contribution in [0.15, 0.2) is 47.5 Å². The number of nitrogens with one attached hydrogen (secondary N) is 1. The van der Waals surface area contributed by atoms with E-state index < -0.39 is 0 Å². The van der Waals surface area contributed by atoms with Gasteiger partial charge < -0.3 is 9.51 Å². The van der Waals surface area contributed by atoms with E-state index in [4.69, 9.17) is 4.52 Å². The smallest absolute Gasteiger partial charge is 0.133 e. The van der Waals surface area contributed by atoms with Gasteiger partial charge in [-0.25, -0.2) is 0 Å². The van der Waals surface area contributed by atoms with Gasteiger partial charge in [0, 0.05) is 41.1 Å². The van der Waals surface area contributed by atoms with E-state index in [0.29, 0.717) is 6.54 Å². The highest BCUT2D eigenvalue weighted by Crippen LogP contribution is 2.20. The van der Waals surface area contributed by atoms with Crippen molar-refractivity contribution in [3.05, 3.63) is 54.4 Å². The van der Waals surface area contributed by atoms with Gasteiger partial charge in [-0.05, 0) is 19.1 Å². The molecule has 0 saturated carbocycles. The fourth-order valence-electron chi connectivity index (χ4n) is 2.34. The number of aromatic nitrogens is 5. The maximum Gasteiger partial charge on any atom is 0.133 e. The number of hydrogen-bond donors (Lipinski definition) is 1. The van der Waals surface area contributed by atoms with Crippen molar-refractivity contribution < 1.29 is 4.52 Å². The summed E-state index contributed by atoms with van der Waals surface area (Å²) < 4.78 is 6.89. The van der Waals surface area contributed by atoms with Crippen molar-refractivity contribution in [3.63, 3.8) is 0 Å². The minimum atomic E-state index is 0.585. The molecule has 0 amide bonds. The molecule has 0 aliphatic heterocycles. The van der Waals surface area contributed by atoms with E-state index in [1.165, 1.54) is 0 Å². The molecule has 4 heterocycles. The van der Waals surface area contributed by atoms with E-state index >= 15 is 0 Å². The number of hydrogen-bond acceptors (Lipinski definition) is 4. The van der Waals surface area contributed by atoms with E-state index in [1.54, 1.807) is 0 Å². The SMILES string of the molecule is Cc1cc(Cn2cc(-c3cc4[nH]ccc4cn3)cn2)no1. The first-order chi connectivity index (χ1) is 10.3. The maximum atomic E-state index is 5.06. The van der Waals surface area contributed by atoms with Gasteiger partial charge in [-0.1, -0.05) is 5.16 Å². The fourth-order valence-corrected chi connectivity index (χ4v) is 2.34. The van der Waals surface area contributed by atoms with Crippen LogP contribution in [0.25, 0.3) is 22.2 Å². The lowest BCUT2D eigenvalue weighted by atomic mass is 10.2. The van der Waals surface area contributed by atoms with Gasteiger partial charge in [0.05, 0.1) is 18.4 Å². The standard InChI is InChI=1S/C15H13N5O/c1-10-4-13(19-21-10)9-20-8-12(7-18-20)15-5-14-11(6-17-15)2-3-16-14/h2-8,16H,9H2,1H3. The number of H-pyrrole nitrogens is 1. The second kappa shape index (κ2) is 4.59. The summed E-state index contributed by atoms with van der Waals surface area (Å²) in [5.74, 6) is 0.802. The monoisotopic (exact) mass is 279 g/mol. The van der Waals surface area contributed by atoms with Crippen molar-refractivity contribution in [2.75, 3.05) is 0 Å². The molecule has 0 atom stereocenters. The maximum absolute atomic E-state index is 5.06. The predicted octanol–water partition coefficient (Wildman–Crippen LogP) is 2.77. The Bertz CT molecular complexity index is 901. The molecule has 6 heteroatoms. The predicted molar refractivity (Wildman–Crippen MR) is 77.7 cm³/mol. The largest absolute Gasteiger partial charge is 0.361 e. The van der Waals surface area contributed by atoms with Crippen molar-refractivity contribution >= 4 is 10.9 Å². The van der Waals surface area contributed by atoms with Crippen LogP contribution >= 0.6 is 0 Å². The van der Waals surface area contributed by atoms with Crippen molar-refractivity contribution in [2.45, 2.75) is 13.5 Å². The molecule has 0 aromatic carbocycles. The molecule has 6 nitrogen and oxygen atoms in total. The number of nitrogens with zero attached hydrogens (tertiary/aromatic N) is 4. The quantitative estimate of drug-likeness (QED) is 0.626. The van der Waals surface area contributed by atoms with Gasteiger partial charge in [-0.3, -0.25) is 9.67 Å². The number of fused-ring (bicyclic) bond motifs is 1. The molecule has 4 rings (SSSR count). The van der Waals surface area contributed by atoms with Gasteiger partial charge in [0.1, 0.15) is 11.5 Å². The minimum Gasteiger partial charge on any atom is -0.361 e. The van der Waals surface area contributed by atoms with Crippen molar-refractivity contribution in [1.29, 1.82) is 0 Å². The zero-order chi connectivity index (χ0) is 14.2. The minimum absolute atomic E-state index is 0.585. The number of rotatable bonds is 3. The average molecular weight is 279 g/mol. The summed E-state index contributed by atoms with van der Waals surface area (Å²) in [5, 5.41) is 9.42. The molecule has 1 N–H and O–H groups in total. The summed E-state index contributed by atoms with van der Waals surface area (Å²) in [6.07, 6.45) is 7.54. The summed E-state index contributed by atoms with van der Waals surface area (Å²) >= 11 is 0. The Morgan fingerprint density at radius 2 is 2.24 bits per heavy atom.